The van der Waals surface area contributed by atoms with E-state index in [4.69, 9.17) is 0 Å². The Bertz CT molecular complexity index is 1040. The minimum absolute atomic E-state index is 0.378. The van der Waals surface area contributed by atoms with E-state index in [9.17, 15) is 13.2 Å². The minimum Gasteiger partial charge on any atom is -0.388 e. The van der Waals surface area contributed by atoms with Gasteiger partial charge in [-0.1, -0.05) is 79.7 Å². The van der Waals surface area contributed by atoms with E-state index in [1.54, 1.807) is 7.05 Å². The molecule has 0 aliphatic rings. The maximum atomic E-state index is 14.2. The molecule has 0 amide bonds. The maximum absolute atomic E-state index is 14.2. The van der Waals surface area contributed by atoms with Crippen LogP contribution < -0.4 is 5.32 Å². The Balaban J connectivity index is 2.12. The van der Waals surface area contributed by atoms with Crippen molar-refractivity contribution in [3.05, 3.63) is 95.8 Å². The quantitative estimate of drug-likeness (QED) is 0.432. The number of hydrogen-bond donors (Lipinski definition) is 1. The minimum atomic E-state index is -2.26. The predicted octanol–water partition coefficient (Wildman–Crippen LogP) is 7.71. The number of nitrogens with one attached hydrogen (secondary N) is 1. The lowest BCUT2D eigenvalue weighted by Gasteiger charge is -2.32. The van der Waals surface area contributed by atoms with Crippen LogP contribution in [0.1, 0.15) is 30.9 Å². The lowest BCUT2D eigenvalue weighted by molar-refractivity contribution is 0.341. The van der Waals surface area contributed by atoms with E-state index >= 15 is 0 Å². The Morgan fingerprint density at radius 1 is 0.931 bits per heavy atom. The lowest BCUT2D eigenvalue weighted by atomic mass is 9.73. The van der Waals surface area contributed by atoms with Gasteiger partial charge in [-0.25, -0.2) is 4.39 Å². The Hall–Kier alpha value is -3.01. The highest BCUT2D eigenvalue weighted by molar-refractivity contribution is 5.91. The monoisotopic (exact) mass is 395 g/mol. The number of benzene rings is 3. The van der Waals surface area contributed by atoms with Crippen molar-refractivity contribution in [2.24, 2.45) is 0 Å². The average molecular weight is 395 g/mol. The number of allylic oxidation sites excluding steroid dienone is 2. The molecule has 4 heteroatoms. The van der Waals surface area contributed by atoms with E-state index in [1.165, 1.54) is 0 Å². The molecular formula is C25H24F3N. The van der Waals surface area contributed by atoms with Crippen molar-refractivity contribution in [2.45, 2.75) is 25.2 Å². The van der Waals surface area contributed by atoms with Gasteiger partial charge in [-0.3, -0.25) is 0 Å². The topological polar surface area (TPSA) is 12.0 Å². The molecule has 0 aliphatic carbocycles. The number of hydrogen-bond acceptors (Lipinski definition) is 1. The Kier molecular flexibility index (Phi) is 6.42. The zero-order valence-corrected chi connectivity index (χ0v) is 16.6. The number of halogens is 3. The van der Waals surface area contributed by atoms with Gasteiger partial charge < -0.3 is 5.32 Å². The predicted molar refractivity (Wildman–Crippen MR) is 116 cm³/mol. The first-order chi connectivity index (χ1) is 13.9. The Morgan fingerprint density at radius 3 is 2.31 bits per heavy atom. The molecule has 0 saturated carbocycles. The van der Waals surface area contributed by atoms with Crippen LogP contribution in [0.25, 0.3) is 16.8 Å². The summed E-state index contributed by atoms with van der Waals surface area (Å²) in [6.07, 6.45) is 1.65. The fraction of sp³-hybridized carbons (Fsp3) is 0.200. The molecule has 0 spiro atoms. The summed E-state index contributed by atoms with van der Waals surface area (Å²) < 4.78 is 40.2. The molecule has 0 aromatic heterocycles. The number of anilines is 1. The third-order valence-corrected chi connectivity index (χ3v) is 5.23. The van der Waals surface area contributed by atoms with Gasteiger partial charge in [0.25, 0.3) is 0 Å². The molecule has 1 atom stereocenters. The van der Waals surface area contributed by atoms with Gasteiger partial charge in [-0.05, 0) is 34.4 Å². The van der Waals surface area contributed by atoms with Crippen molar-refractivity contribution in [3.8, 4) is 0 Å². The second-order valence-corrected chi connectivity index (χ2v) is 7.38. The summed E-state index contributed by atoms with van der Waals surface area (Å²) in [5.74, 6) is -1.37. The summed E-state index contributed by atoms with van der Waals surface area (Å²) >= 11 is 0. The van der Waals surface area contributed by atoms with Crippen LogP contribution in [0.15, 0.2) is 84.7 Å². The largest absolute Gasteiger partial charge is 0.388 e. The van der Waals surface area contributed by atoms with Crippen molar-refractivity contribution in [3.63, 3.8) is 0 Å². The highest BCUT2D eigenvalue weighted by Crippen LogP contribution is 2.43. The van der Waals surface area contributed by atoms with Gasteiger partial charge in [0.1, 0.15) is 0 Å². The molecular weight excluding hydrogens is 371 g/mol. The zero-order chi connectivity index (χ0) is 20.9. The molecule has 0 saturated heterocycles. The van der Waals surface area contributed by atoms with E-state index in [0.717, 1.165) is 27.6 Å². The Morgan fingerprint density at radius 2 is 1.62 bits per heavy atom. The highest BCUT2D eigenvalue weighted by Gasteiger charge is 2.32. The summed E-state index contributed by atoms with van der Waals surface area (Å²) in [6, 6.07) is 21.4. The van der Waals surface area contributed by atoms with Crippen LogP contribution in [0.2, 0.25) is 0 Å². The normalized spacial score (nSPS) is 13.4. The number of fused-ring (bicyclic) bond motifs is 1. The molecule has 3 aromatic rings. The lowest BCUT2D eigenvalue weighted by Crippen LogP contribution is -2.24. The van der Waals surface area contributed by atoms with Gasteiger partial charge in [0, 0.05) is 24.6 Å². The van der Waals surface area contributed by atoms with Gasteiger partial charge in [-0.15, -0.1) is 0 Å². The van der Waals surface area contributed by atoms with E-state index in [1.807, 2.05) is 85.8 Å². The van der Waals surface area contributed by atoms with Crippen molar-refractivity contribution in [1.82, 2.24) is 0 Å². The van der Waals surface area contributed by atoms with E-state index in [0.29, 0.717) is 6.42 Å². The molecule has 0 aliphatic heterocycles. The first kappa shape index (κ1) is 20.7. The Labute approximate surface area is 169 Å². The van der Waals surface area contributed by atoms with Gasteiger partial charge in [-0.2, -0.15) is 8.78 Å². The van der Waals surface area contributed by atoms with Crippen LogP contribution >= 0.6 is 0 Å². The van der Waals surface area contributed by atoms with Crippen LogP contribution in [0.4, 0.5) is 18.9 Å². The van der Waals surface area contributed by atoms with Crippen molar-refractivity contribution in [2.75, 3.05) is 12.4 Å². The van der Waals surface area contributed by atoms with Crippen LogP contribution in [0.5, 0.6) is 0 Å². The van der Waals surface area contributed by atoms with Gasteiger partial charge in [0.2, 0.25) is 0 Å². The van der Waals surface area contributed by atoms with Gasteiger partial charge >= 0.3 is 6.08 Å². The first-order valence-corrected chi connectivity index (χ1v) is 9.56. The van der Waals surface area contributed by atoms with Crippen LogP contribution in [-0.4, -0.2) is 7.05 Å². The summed E-state index contributed by atoms with van der Waals surface area (Å²) in [6.45, 7) is 1.84. The maximum Gasteiger partial charge on any atom is 0.301 e. The van der Waals surface area contributed by atoms with E-state index in [-0.39, 0.29) is 6.42 Å². The molecule has 0 fully saturated rings. The second-order valence-electron chi connectivity index (χ2n) is 7.38. The summed E-state index contributed by atoms with van der Waals surface area (Å²) in [5.41, 5.74) is 1.80. The molecule has 1 unspecified atom stereocenters. The van der Waals surface area contributed by atoms with Crippen LogP contribution in [0, 0.1) is 0 Å². The molecule has 0 bridgehead atoms. The van der Waals surface area contributed by atoms with Crippen molar-refractivity contribution >= 4 is 22.5 Å². The van der Waals surface area contributed by atoms with Crippen LogP contribution in [0.3, 0.4) is 0 Å². The van der Waals surface area contributed by atoms with E-state index < -0.39 is 17.3 Å². The molecule has 1 nitrogen and oxygen atoms in total. The highest BCUT2D eigenvalue weighted by atomic mass is 19.3. The van der Waals surface area contributed by atoms with Crippen molar-refractivity contribution in [1.29, 1.82) is 0 Å². The van der Waals surface area contributed by atoms with Crippen molar-refractivity contribution < 1.29 is 13.2 Å². The zero-order valence-electron chi connectivity index (χ0n) is 16.6. The van der Waals surface area contributed by atoms with Gasteiger partial charge in [0.15, 0.2) is 5.83 Å². The van der Waals surface area contributed by atoms with Gasteiger partial charge in [0.05, 0.1) is 0 Å². The molecule has 3 rings (SSSR count). The smallest absolute Gasteiger partial charge is 0.301 e. The fourth-order valence-electron chi connectivity index (χ4n) is 3.82. The third-order valence-electron chi connectivity index (χ3n) is 5.23. The average Bonchev–Trinajstić information content (AvgIpc) is 2.73. The SMILES string of the molecule is CNc1ccc2ccccc2c1C(C)(C/C=C/c1ccccc1)CC(F)=C(F)F. The summed E-state index contributed by atoms with van der Waals surface area (Å²) in [5, 5.41) is 5.08. The number of rotatable bonds is 7. The summed E-state index contributed by atoms with van der Waals surface area (Å²) in [7, 11) is 1.79. The molecule has 0 heterocycles. The molecule has 29 heavy (non-hydrogen) atoms. The fourth-order valence-corrected chi connectivity index (χ4v) is 3.82. The summed E-state index contributed by atoms with van der Waals surface area (Å²) in [4.78, 5) is 0. The molecule has 1 N–H and O–H groups in total. The third kappa shape index (κ3) is 4.70. The molecule has 3 aromatic carbocycles. The molecule has 150 valence electrons. The first-order valence-electron chi connectivity index (χ1n) is 9.56. The van der Waals surface area contributed by atoms with E-state index in [2.05, 4.69) is 5.32 Å². The molecule has 0 radical (unpaired) electrons. The second kappa shape index (κ2) is 8.99. The standard InChI is InChI=1S/C25H24F3N/c1-25(17-21(26)24(27)28,16-8-11-18-9-4-3-5-10-18)23-20-13-7-6-12-19(20)14-15-22(23)29-2/h3-15,29H,16-17H2,1-2H3/b11-8+. The van der Waals surface area contributed by atoms with Crippen LogP contribution in [-0.2, 0) is 5.41 Å².